The normalized spacial score (nSPS) is 23.2. The van der Waals surface area contributed by atoms with Crippen LogP contribution in [0, 0.1) is 5.92 Å². The summed E-state index contributed by atoms with van der Waals surface area (Å²) in [7, 11) is 2.14. The highest BCUT2D eigenvalue weighted by Gasteiger charge is 2.33. The molecule has 2 N–H and O–H groups in total. The maximum absolute atomic E-state index is 11.9. The number of nitrogens with one attached hydrogen (secondary N) is 2. The van der Waals surface area contributed by atoms with Crippen LogP contribution >= 0.6 is 11.8 Å². The Morgan fingerprint density at radius 1 is 1.55 bits per heavy atom. The van der Waals surface area contributed by atoms with Gasteiger partial charge in [-0.15, -0.1) is 0 Å². The molecule has 6 heteroatoms. The number of pyridine rings is 1. The fraction of sp³-hybridized carbons (Fsp3) is 0.625. The van der Waals surface area contributed by atoms with Crippen molar-refractivity contribution in [3.8, 4) is 0 Å². The Morgan fingerprint density at radius 2 is 2.36 bits per heavy atom. The number of carbonyl (C=O) groups excluding carboxylic acids is 1. The lowest BCUT2D eigenvalue weighted by molar-refractivity contribution is 0.234. The molecule has 0 unspecified atom stereocenters. The molecule has 0 aliphatic carbocycles. The second-order valence-electron chi connectivity index (χ2n) is 5.90. The van der Waals surface area contributed by atoms with Gasteiger partial charge in [0.25, 0.3) is 0 Å². The van der Waals surface area contributed by atoms with E-state index in [1.807, 2.05) is 12.3 Å². The van der Waals surface area contributed by atoms with Crippen LogP contribution in [0.15, 0.2) is 24.5 Å². The van der Waals surface area contributed by atoms with Gasteiger partial charge in [0.1, 0.15) is 0 Å². The average molecular weight is 322 g/mol. The van der Waals surface area contributed by atoms with Gasteiger partial charge in [-0.2, -0.15) is 11.8 Å². The predicted molar refractivity (Wildman–Crippen MR) is 92.1 cm³/mol. The minimum Gasteiger partial charge on any atom is -0.338 e. The summed E-state index contributed by atoms with van der Waals surface area (Å²) in [6, 6.07) is 4.36. The maximum atomic E-state index is 11.9. The monoisotopic (exact) mass is 322 g/mol. The third-order valence-corrected chi connectivity index (χ3v) is 5.25. The molecule has 1 aliphatic rings. The van der Waals surface area contributed by atoms with E-state index < -0.39 is 0 Å². The van der Waals surface area contributed by atoms with E-state index in [9.17, 15) is 4.79 Å². The number of likely N-dealkylation sites (tertiary alicyclic amines) is 1. The average Bonchev–Trinajstić information content (AvgIpc) is 2.92. The van der Waals surface area contributed by atoms with Gasteiger partial charge in [0.15, 0.2) is 0 Å². The van der Waals surface area contributed by atoms with Crippen molar-refractivity contribution in [2.45, 2.75) is 24.6 Å². The molecule has 22 heavy (non-hydrogen) atoms. The maximum Gasteiger partial charge on any atom is 0.314 e. The summed E-state index contributed by atoms with van der Waals surface area (Å²) in [5, 5.41) is 6.38. The summed E-state index contributed by atoms with van der Waals surface area (Å²) >= 11 is 1.75. The Bertz CT molecular complexity index is 470. The Hall–Kier alpha value is -1.27. The van der Waals surface area contributed by atoms with Crippen molar-refractivity contribution in [1.82, 2.24) is 20.5 Å². The second kappa shape index (κ2) is 8.39. The zero-order valence-electron chi connectivity index (χ0n) is 13.6. The van der Waals surface area contributed by atoms with E-state index in [0.717, 1.165) is 13.0 Å². The number of thioether (sulfide) groups is 1. The zero-order chi connectivity index (χ0) is 15.9. The zero-order valence-corrected chi connectivity index (χ0v) is 14.4. The van der Waals surface area contributed by atoms with Crippen LogP contribution in [0.3, 0.4) is 0 Å². The number of aromatic nitrogens is 1. The van der Waals surface area contributed by atoms with Gasteiger partial charge in [0, 0.05) is 36.8 Å². The lowest BCUT2D eigenvalue weighted by atomic mass is 9.95. The van der Waals surface area contributed by atoms with Crippen LogP contribution in [-0.2, 0) is 0 Å². The minimum absolute atomic E-state index is 0.0691. The van der Waals surface area contributed by atoms with Crippen LogP contribution in [0.5, 0.6) is 0 Å². The first kappa shape index (κ1) is 17.1. The SMILES string of the molecule is CS[C@@H](C)CNC(=O)NC[C@@H]1CCN(C)[C@H]1c1cccnc1. The molecule has 1 fully saturated rings. The van der Waals surface area contributed by atoms with Crippen LogP contribution in [0.25, 0.3) is 0 Å². The Balaban J connectivity index is 1.85. The van der Waals surface area contributed by atoms with E-state index >= 15 is 0 Å². The Kier molecular flexibility index (Phi) is 6.51. The fourth-order valence-electron chi connectivity index (χ4n) is 2.92. The quantitative estimate of drug-likeness (QED) is 0.842. The molecule has 122 valence electrons. The first-order valence-electron chi connectivity index (χ1n) is 7.76. The van der Waals surface area contributed by atoms with Crippen LogP contribution in [0.4, 0.5) is 4.79 Å². The smallest absolute Gasteiger partial charge is 0.314 e. The third-order valence-electron chi connectivity index (χ3n) is 4.28. The van der Waals surface area contributed by atoms with Crippen molar-refractivity contribution in [3.05, 3.63) is 30.1 Å². The van der Waals surface area contributed by atoms with Gasteiger partial charge < -0.3 is 10.6 Å². The van der Waals surface area contributed by atoms with Crippen LogP contribution in [-0.4, -0.2) is 54.1 Å². The van der Waals surface area contributed by atoms with Gasteiger partial charge in [-0.05, 0) is 43.8 Å². The molecule has 0 radical (unpaired) electrons. The number of carbonyl (C=O) groups is 1. The van der Waals surface area contributed by atoms with Crippen molar-refractivity contribution < 1.29 is 4.79 Å². The van der Waals surface area contributed by atoms with Gasteiger partial charge in [0.05, 0.1) is 0 Å². The summed E-state index contributed by atoms with van der Waals surface area (Å²) in [5.41, 5.74) is 1.23. The number of nitrogens with zero attached hydrogens (tertiary/aromatic N) is 2. The summed E-state index contributed by atoms with van der Waals surface area (Å²) in [6.07, 6.45) is 6.88. The molecule has 3 atom stereocenters. The number of hydrogen-bond acceptors (Lipinski definition) is 4. The third kappa shape index (κ3) is 4.61. The molecule has 0 saturated carbocycles. The van der Waals surface area contributed by atoms with Crippen molar-refractivity contribution >= 4 is 17.8 Å². The van der Waals surface area contributed by atoms with Gasteiger partial charge in [-0.25, -0.2) is 4.79 Å². The topological polar surface area (TPSA) is 57.3 Å². The lowest BCUT2D eigenvalue weighted by Crippen LogP contribution is -2.41. The molecule has 2 amide bonds. The van der Waals surface area contributed by atoms with Crippen molar-refractivity contribution in [3.63, 3.8) is 0 Å². The number of rotatable bonds is 6. The summed E-state index contributed by atoms with van der Waals surface area (Å²) in [5.74, 6) is 0.429. The molecular weight excluding hydrogens is 296 g/mol. The Morgan fingerprint density at radius 3 is 3.05 bits per heavy atom. The molecule has 1 saturated heterocycles. The van der Waals surface area contributed by atoms with Crippen LogP contribution in [0.2, 0.25) is 0 Å². The van der Waals surface area contributed by atoms with E-state index in [2.05, 4.69) is 46.8 Å². The van der Waals surface area contributed by atoms with Gasteiger partial charge in [-0.3, -0.25) is 9.88 Å². The van der Waals surface area contributed by atoms with Crippen molar-refractivity contribution in [2.75, 3.05) is 32.9 Å². The lowest BCUT2D eigenvalue weighted by Gasteiger charge is -2.25. The van der Waals surface area contributed by atoms with Crippen LogP contribution in [0.1, 0.15) is 24.9 Å². The molecule has 1 aromatic rings. The van der Waals surface area contributed by atoms with Crippen LogP contribution < -0.4 is 10.6 Å². The van der Waals surface area contributed by atoms with Gasteiger partial charge in [-0.1, -0.05) is 13.0 Å². The van der Waals surface area contributed by atoms with E-state index in [1.165, 1.54) is 5.56 Å². The summed E-state index contributed by atoms with van der Waals surface area (Å²) < 4.78 is 0. The highest BCUT2D eigenvalue weighted by atomic mass is 32.2. The standard InChI is InChI=1S/C16H26N4OS/c1-12(22-3)9-18-16(21)19-11-14-6-8-20(2)15(14)13-5-4-7-17-10-13/h4-5,7,10,12,14-15H,6,8-9,11H2,1-3H3,(H2,18,19,21)/t12-,14-,15-/m0/s1. The number of hydrogen-bond donors (Lipinski definition) is 2. The highest BCUT2D eigenvalue weighted by molar-refractivity contribution is 7.99. The highest BCUT2D eigenvalue weighted by Crippen LogP contribution is 2.35. The molecule has 2 rings (SSSR count). The summed E-state index contributed by atoms with van der Waals surface area (Å²) in [6.45, 7) is 4.55. The summed E-state index contributed by atoms with van der Waals surface area (Å²) in [4.78, 5) is 18.5. The molecule has 0 spiro atoms. The van der Waals surface area contributed by atoms with E-state index in [1.54, 1.807) is 18.0 Å². The Labute approximate surface area is 137 Å². The van der Waals surface area contributed by atoms with E-state index in [4.69, 9.17) is 0 Å². The van der Waals surface area contributed by atoms with Gasteiger partial charge in [0.2, 0.25) is 0 Å². The first-order valence-corrected chi connectivity index (χ1v) is 9.05. The fourth-order valence-corrected chi connectivity index (χ4v) is 3.17. The molecular formula is C16H26N4OS. The predicted octanol–water partition coefficient (Wildman–Crippen LogP) is 2.13. The molecule has 0 bridgehead atoms. The first-order chi connectivity index (χ1) is 10.6. The van der Waals surface area contributed by atoms with E-state index in [0.29, 0.717) is 30.3 Å². The van der Waals surface area contributed by atoms with Crippen molar-refractivity contribution in [2.24, 2.45) is 5.92 Å². The molecule has 5 nitrogen and oxygen atoms in total. The number of urea groups is 1. The van der Waals surface area contributed by atoms with Crippen molar-refractivity contribution in [1.29, 1.82) is 0 Å². The molecule has 1 aromatic heterocycles. The van der Waals surface area contributed by atoms with E-state index in [-0.39, 0.29) is 6.03 Å². The minimum atomic E-state index is -0.0691. The second-order valence-corrected chi connectivity index (χ2v) is 7.17. The van der Waals surface area contributed by atoms with Gasteiger partial charge >= 0.3 is 6.03 Å². The molecule has 1 aliphatic heterocycles. The molecule has 0 aromatic carbocycles. The number of amides is 2. The largest absolute Gasteiger partial charge is 0.338 e. The molecule has 2 heterocycles.